The summed E-state index contributed by atoms with van der Waals surface area (Å²) in [4.78, 5) is 12.5. The van der Waals surface area contributed by atoms with Crippen LogP contribution in [0.5, 0.6) is 0 Å². The van der Waals surface area contributed by atoms with Gasteiger partial charge in [-0.1, -0.05) is 18.2 Å². The minimum atomic E-state index is -0.298. The number of nitrogens with zero attached hydrogens (tertiary/aromatic N) is 4. The van der Waals surface area contributed by atoms with Crippen LogP contribution in [0.25, 0.3) is 16.8 Å². The average Bonchev–Trinajstić information content (AvgIpc) is 3.38. The summed E-state index contributed by atoms with van der Waals surface area (Å²) in [7, 11) is 0. The zero-order valence-electron chi connectivity index (χ0n) is 18.5. The third-order valence-electron chi connectivity index (χ3n) is 5.59. The van der Waals surface area contributed by atoms with Crippen molar-refractivity contribution in [3.63, 3.8) is 0 Å². The summed E-state index contributed by atoms with van der Waals surface area (Å²) >= 11 is 0. The third kappa shape index (κ3) is 4.06. The van der Waals surface area contributed by atoms with E-state index in [1.54, 1.807) is 10.7 Å². The van der Waals surface area contributed by atoms with Gasteiger partial charge < -0.3 is 15.1 Å². The SMILES string of the molecule is Cc1nn(-c2ccc(Nc3ccc(NC(=O)c4cc5ccccc5o4)cc3)nn2)c(C)c1C. The van der Waals surface area contributed by atoms with E-state index in [1.165, 1.54) is 0 Å². The predicted octanol–water partition coefficient (Wildman–Crippen LogP) is 5.33. The molecule has 0 saturated heterocycles. The van der Waals surface area contributed by atoms with E-state index >= 15 is 0 Å². The van der Waals surface area contributed by atoms with Crippen molar-refractivity contribution in [2.45, 2.75) is 20.8 Å². The van der Waals surface area contributed by atoms with Crippen LogP contribution in [-0.2, 0) is 0 Å². The molecule has 3 heterocycles. The lowest BCUT2D eigenvalue weighted by Crippen LogP contribution is -2.10. The highest BCUT2D eigenvalue weighted by molar-refractivity contribution is 6.04. The summed E-state index contributed by atoms with van der Waals surface area (Å²) in [5.41, 5.74) is 5.33. The number of furan rings is 1. The summed E-state index contributed by atoms with van der Waals surface area (Å²) in [6, 6.07) is 20.3. The quantitative estimate of drug-likeness (QED) is 0.385. The van der Waals surface area contributed by atoms with Crippen LogP contribution >= 0.6 is 0 Å². The first kappa shape index (κ1) is 20.4. The molecule has 33 heavy (non-hydrogen) atoms. The predicted molar refractivity (Wildman–Crippen MR) is 127 cm³/mol. The van der Waals surface area contributed by atoms with Gasteiger partial charge in [-0.2, -0.15) is 5.10 Å². The minimum absolute atomic E-state index is 0.270. The van der Waals surface area contributed by atoms with Gasteiger partial charge in [0.25, 0.3) is 5.91 Å². The van der Waals surface area contributed by atoms with Crippen LogP contribution in [0.4, 0.5) is 17.2 Å². The fraction of sp³-hybridized carbons (Fsp3) is 0.120. The monoisotopic (exact) mass is 438 g/mol. The van der Waals surface area contributed by atoms with Gasteiger partial charge in [0.05, 0.1) is 5.69 Å². The molecule has 5 rings (SSSR count). The minimum Gasteiger partial charge on any atom is -0.451 e. The Balaban J connectivity index is 1.25. The number of hydrogen-bond donors (Lipinski definition) is 2. The molecule has 0 spiro atoms. The van der Waals surface area contributed by atoms with Gasteiger partial charge in [-0.25, -0.2) is 4.68 Å². The Kier molecular flexibility index (Phi) is 5.10. The molecule has 0 fully saturated rings. The lowest BCUT2D eigenvalue weighted by molar-refractivity contribution is 0.0998. The second-order valence-corrected chi connectivity index (χ2v) is 7.79. The van der Waals surface area contributed by atoms with Gasteiger partial charge in [-0.05, 0) is 74.9 Å². The molecular weight excluding hydrogens is 416 g/mol. The molecule has 0 aliphatic rings. The Hall–Kier alpha value is -4.46. The van der Waals surface area contributed by atoms with E-state index in [-0.39, 0.29) is 11.7 Å². The van der Waals surface area contributed by atoms with Crippen LogP contribution in [0.1, 0.15) is 27.5 Å². The van der Waals surface area contributed by atoms with Crippen LogP contribution in [-0.4, -0.2) is 25.9 Å². The summed E-state index contributed by atoms with van der Waals surface area (Å²) in [6.45, 7) is 6.03. The summed E-state index contributed by atoms with van der Waals surface area (Å²) in [5.74, 6) is 1.24. The Morgan fingerprint density at radius 1 is 0.909 bits per heavy atom. The fourth-order valence-corrected chi connectivity index (χ4v) is 3.52. The Bertz CT molecular complexity index is 1420. The molecule has 0 radical (unpaired) electrons. The van der Waals surface area contributed by atoms with Crippen LogP contribution in [0.3, 0.4) is 0 Å². The zero-order valence-corrected chi connectivity index (χ0v) is 18.5. The van der Waals surface area contributed by atoms with Crippen molar-refractivity contribution in [2.24, 2.45) is 0 Å². The number of aromatic nitrogens is 4. The number of anilines is 3. The third-order valence-corrected chi connectivity index (χ3v) is 5.59. The molecular formula is C25H22N6O2. The van der Waals surface area contributed by atoms with Gasteiger partial charge in [0.15, 0.2) is 17.4 Å². The largest absolute Gasteiger partial charge is 0.451 e. The van der Waals surface area contributed by atoms with Crippen LogP contribution in [0.2, 0.25) is 0 Å². The lowest BCUT2D eigenvalue weighted by Gasteiger charge is -2.08. The average molecular weight is 438 g/mol. The molecule has 2 aromatic carbocycles. The van der Waals surface area contributed by atoms with E-state index in [2.05, 4.69) is 25.9 Å². The normalized spacial score (nSPS) is 11.0. The standard InChI is InChI=1S/C25H22N6O2/c1-15-16(2)30-31(17(15)3)24-13-12-23(28-29-24)26-19-8-10-20(11-9-19)27-25(32)22-14-18-6-4-5-7-21(18)33-22/h4-14H,1-3H3,(H,26,28)(H,27,32). The molecule has 2 N–H and O–H groups in total. The number of aryl methyl sites for hydroxylation is 1. The highest BCUT2D eigenvalue weighted by atomic mass is 16.3. The number of carbonyl (C=O) groups excluding carboxylic acids is 1. The molecule has 164 valence electrons. The molecule has 0 aliphatic carbocycles. The van der Waals surface area contributed by atoms with Crippen molar-refractivity contribution < 1.29 is 9.21 Å². The molecule has 8 heteroatoms. The number of nitrogens with one attached hydrogen (secondary N) is 2. The number of benzene rings is 2. The molecule has 1 amide bonds. The maximum atomic E-state index is 12.5. The van der Waals surface area contributed by atoms with Gasteiger partial charge in [0, 0.05) is 22.5 Å². The summed E-state index contributed by atoms with van der Waals surface area (Å²) < 4.78 is 7.41. The molecule has 0 atom stereocenters. The van der Waals surface area contributed by atoms with Crippen LogP contribution in [0.15, 0.2) is 71.1 Å². The Morgan fingerprint density at radius 2 is 1.67 bits per heavy atom. The second-order valence-electron chi connectivity index (χ2n) is 7.79. The van der Waals surface area contributed by atoms with E-state index in [4.69, 9.17) is 4.42 Å². The molecule has 5 aromatic rings. The molecule has 8 nitrogen and oxygen atoms in total. The highest BCUT2D eigenvalue weighted by Crippen LogP contribution is 2.22. The number of para-hydroxylation sites is 1. The van der Waals surface area contributed by atoms with Gasteiger partial charge in [-0.15, -0.1) is 10.2 Å². The number of carbonyl (C=O) groups is 1. The Morgan fingerprint density at radius 3 is 2.33 bits per heavy atom. The topological polar surface area (TPSA) is 97.9 Å². The highest BCUT2D eigenvalue weighted by Gasteiger charge is 2.13. The smallest absolute Gasteiger partial charge is 0.291 e. The first-order chi connectivity index (χ1) is 16.0. The van der Waals surface area contributed by atoms with E-state index in [9.17, 15) is 4.79 Å². The van der Waals surface area contributed by atoms with Gasteiger partial charge in [-0.3, -0.25) is 4.79 Å². The Labute approximate surface area is 190 Å². The first-order valence-electron chi connectivity index (χ1n) is 10.5. The van der Waals surface area contributed by atoms with Gasteiger partial charge in [0.1, 0.15) is 5.58 Å². The fourth-order valence-electron chi connectivity index (χ4n) is 3.52. The zero-order chi connectivity index (χ0) is 22.9. The van der Waals surface area contributed by atoms with E-state index < -0.39 is 0 Å². The molecule has 0 unspecified atom stereocenters. The number of fused-ring (bicyclic) bond motifs is 1. The maximum Gasteiger partial charge on any atom is 0.291 e. The molecule has 0 aliphatic heterocycles. The van der Waals surface area contributed by atoms with Crippen LogP contribution in [0, 0.1) is 20.8 Å². The van der Waals surface area contributed by atoms with E-state index in [0.29, 0.717) is 22.9 Å². The number of rotatable bonds is 5. The number of hydrogen-bond acceptors (Lipinski definition) is 6. The van der Waals surface area contributed by atoms with Crippen molar-refractivity contribution in [1.82, 2.24) is 20.0 Å². The van der Waals surface area contributed by atoms with Crippen molar-refractivity contribution in [1.29, 1.82) is 0 Å². The number of amides is 1. The van der Waals surface area contributed by atoms with E-state index in [0.717, 1.165) is 28.0 Å². The summed E-state index contributed by atoms with van der Waals surface area (Å²) in [5, 5.41) is 20.0. The molecule has 0 saturated carbocycles. The maximum absolute atomic E-state index is 12.5. The lowest BCUT2D eigenvalue weighted by atomic mass is 10.2. The molecule has 0 bridgehead atoms. The first-order valence-corrected chi connectivity index (χ1v) is 10.5. The second kappa shape index (κ2) is 8.23. The van der Waals surface area contributed by atoms with Crippen LogP contribution < -0.4 is 10.6 Å². The van der Waals surface area contributed by atoms with Crippen molar-refractivity contribution >= 4 is 34.1 Å². The van der Waals surface area contributed by atoms with Crippen molar-refractivity contribution in [3.8, 4) is 5.82 Å². The van der Waals surface area contributed by atoms with Crippen molar-refractivity contribution in [3.05, 3.63) is 89.4 Å². The van der Waals surface area contributed by atoms with Gasteiger partial charge >= 0.3 is 0 Å². The van der Waals surface area contributed by atoms with Crippen molar-refractivity contribution in [2.75, 3.05) is 10.6 Å². The van der Waals surface area contributed by atoms with E-state index in [1.807, 2.05) is 81.4 Å². The van der Waals surface area contributed by atoms with Gasteiger partial charge in [0.2, 0.25) is 0 Å². The summed E-state index contributed by atoms with van der Waals surface area (Å²) in [6.07, 6.45) is 0. The molecule has 3 aromatic heterocycles.